The summed E-state index contributed by atoms with van der Waals surface area (Å²) in [4.78, 5) is 36.6. The number of aromatic nitrogens is 1. The summed E-state index contributed by atoms with van der Waals surface area (Å²) in [5.74, 6) is -1.25. The second-order valence-corrected chi connectivity index (χ2v) is 7.47. The molecule has 0 bridgehead atoms. The fraction of sp³-hybridized carbons (Fsp3) is 0.435. The Morgan fingerprint density at radius 1 is 1.03 bits per heavy atom. The lowest BCUT2D eigenvalue weighted by molar-refractivity contribution is 0.0598. The minimum absolute atomic E-state index is 0.127. The number of carbonyl (C=O) groups is 3. The predicted octanol–water partition coefficient (Wildman–Crippen LogP) is 3.12. The Kier molecular flexibility index (Phi) is 7.12. The number of methoxy groups -OCH3 is 2. The summed E-state index contributed by atoms with van der Waals surface area (Å²) in [6, 6.07) is 6.05. The van der Waals surface area contributed by atoms with E-state index in [-0.39, 0.29) is 35.4 Å². The normalized spacial score (nSPS) is 15.5. The van der Waals surface area contributed by atoms with Crippen molar-refractivity contribution < 1.29 is 33.3 Å². The van der Waals surface area contributed by atoms with Gasteiger partial charge in [-0.15, -0.1) is 0 Å². The van der Waals surface area contributed by atoms with Gasteiger partial charge in [-0.25, -0.2) is 9.59 Å². The molecule has 2 heterocycles. The number of benzene rings is 1. The number of Topliss-reactive ketones (excluding diaryl/α,β-unsaturated/α-hetero) is 1. The van der Waals surface area contributed by atoms with Gasteiger partial charge in [-0.2, -0.15) is 0 Å². The zero-order valence-corrected chi connectivity index (χ0v) is 18.2. The van der Waals surface area contributed by atoms with E-state index in [1.807, 2.05) is 19.9 Å². The van der Waals surface area contributed by atoms with Gasteiger partial charge >= 0.3 is 11.9 Å². The molecule has 1 saturated heterocycles. The predicted molar refractivity (Wildman–Crippen MR) is 112 cm³/mol. The van der Waals surface area contributed by atoms with Gasteiger partial charge in [0, 0.05) is 30.1 Å². The molecule has 1 atom stereocenters. The lowest BCUT2D eigenvalue weighted by Crippen LogP contribution is -2.18. The highest BCUT2D eigenvalue weighted by Gasteiger charge is 2.22. The molecule has 1 aliphatic rings. The van der Waals surface area contributed by atoms with Crippen molar-refractivity contribution in [1.82, 2.24) is 4.57 Å². The molecule has 166 valence electrons. The molecule has 8 nitrogen and oxygen atoms in total. The lowest BCUT2D eigenvalue weighted by Gasteiger charge is -2.15. The second kappa shape index (κ2) is 9.78. The number of ketones is 1. The first kappa shape index (κ1) is 22.6. The van der Waals surface area contributed by atoms with E-state index >= 15 is 0 Å². The standard InChI is InChI=1S/C23H27NO7/c1-14-8-20(15(2)24(14)12-18-6-5-7-30-18)21(25)13-31-19-10-16(22(26)28-3)9-17(11-19)23(27)29-4/h8-11,18H,5-7,12-13H2,1-4H3/t18-/m0/s1. The van der Waals surface area contributed by atoms with Gasteiger partial charge in [-0.3, -0.25) is 4.79 Å². The first-order valence-corrected chi connectivity index (χ1v) is 10.1. The van der Waals surface area contributed by atoms with E-state index in [2.05, 4.69) is 4.57 Å². The van der Waals surface area contributed by atoms with Crippen LogP contribution >= 0.6 is 0 Å². The monoisotopic (exact) mass is 429 g/mol. The Hall–Kier alpha value is -3.13. The van der Waals surface area contributed by atoms with Crippen molar-refractivity contribution in [2.75, 3.05) is 27.4 Å². The van der Waals surface area contributed by atoms with E-state index in [9.17, 15) is 14.4 Å². The molecule has 0 unspecified atom stereocenters. The molecule has 1 aromatic heterocycles. The Morgan fingerprint density at radius 3 is 2.23 bits per heavy atom. The molecular formula is C23H27NO7. The van der Waals surface area contributed by atoms with Crippen LogP contribution in [0.4, 0.5) is 0 Å². The molecular weight excluding hydrogens is 402 g/mol. The van der Waals surface area contributed by atoms with Crippen molar-refractivity contribution in [3.63, 3.8) is 0 Å². The van der Waals surface area contributed by atoms with Gasteiger partial charge in [0.2, 0.25) is 5.78 Å². The molecule has 8 heteroatoms. The fourth-order valence-electron chi connectivity index (χ4n) is 3.74. The van der Waals surface area contributed by atoms with Crippen LogP contribution < -0.4 is 4.74 Å². The Labute approximate surface area is 181 Å². The summed E-state index contributed by atoms with van der Waals surface area (Å²) in [7, 11) is 2.48. The average molecular weight is 429 g/mol. The summed E-state index contributed by atoms with van der Waals surface area (Å²) in [5.41, 5.74) is 2.68. The Morgan fingerprint density at radius 2 is 1.68 bits per heavy atom. The third kappa shape index (κ3) is 5.14. The lowest BCUT2D eigenvalue weighted by atomic mass is 10.1. The maximum atomic E-state index is 12.8. The van der Waals surface area contributed by atoms with Crippen LogP contribution in [-0.2, 0) is 20.8 Å². The van der Waals surface area contributed by atoms with Crippen LogP contribution in [0.1, 0.15) is 55.3 Å². The molecule has 1 aromatic carbocycles. The molecule has 1 fully saturated rings. The van der Waals surface area contributed by atoms with Gasteiger partial charge in [-0.1, -0.05) is 0 Å². The zero-order valence-electron chi connectivity index (χ0n) is 18.2. The number of rotatable bonds is 8. The summed E-state index contributed by atoms with van der Waals surface area (Å²) in [6.45, 7) is 5.12. The SMILES string of the molecule is COC(=O)c1cc(OCC(=O)c2cc(C)n(C[C@@H]3CCCO3)c2C)cc(C(=O)OC)c1. The van der Waals surface area contributed by atoms with Gasteiger partial charge in [0.1, 0.15) is 5.75 Å². The van der Waals surface area contributed by atoms with Gasteiger partial charge in [0.15, 0.2) is 6.61 Å². The van der Waals surface area contributed by atoms with Crippen LogP contribution in [-0.4, -0.2) is 55.8 Å². The molecule has 3 rings (SSSR count). The number of esters is 2. The Balaban J connectivity index is 1.76. The van der Waals surface area contributed by atoms with Crippen LogP contribution in [0.25, 0.3) is 0 Å². The first-order valence-electron chi connectivity index (χ1n) is 10.1. The van der Waals surface area contributed by atoms with Crippen LogP contribution in [0.3, 0.4) is 0 Å². The number of carbonyl (C=O) groups excluding carboxylic acids is 3. The summed E-state index contributed by atoms with van der Waals surface area (Å²) < 4.78 is 22.9. The van der Waals surface area contributed by atoms with Crippen LogP contribution in [0.5, 0.6) is 5.75 Å². The third-order valence-electron chi connectivity index (χ3n) is 5.40. The van der Waals surface area contributed by atoms with E-state index in [1.54, 1.807) is 0 Å². The van der Waals surface area contributed by atoms with Crippen molar-refractivity contribution >= 4 is 17.7 Å². The molecule has 2 aromatic rings. The Bertz CT molecular complexity index is 952. The van der Waals surface area contributed by atoms with Crippen LogP contribution in [0.2, 0.25) is 0 Å². The quantitative estimate of drug-likeness (QED) is 0.470. The number of hydrogen-bond acceptors (Lipinski definition) is 7. The minimum Gasteiger partial charge on any atom is -0.485 e. The zero-order chi connectivity index (χ0) is 22.5. The van der Waals surface area contributed by atoms with Crippen molar-refractivity contribution in [2.24, 2.45) is 0 Å². The van der Waals surface area contributed by atoms with E-state index in [4.69, 9.17) is 18.9 Å². The highest BCUT2D eigenvalue weighted by atomic mass is 16.5. The maximum absolute atomic E-state index is 12.8. The highest BCUT2D eigenvalue weighted by molar-refractivity contribution is 5.99. The number of ether oxygens (including phenoxy) is 4. The van der Waals surface area contributed by atoms with Crippen LogP contribution in [0, 0.1) is 13.8 Å². The fourth-order valence-corrected chi connectivity index (χ4v) is 3.74. The number of nitrogens with zero attached hydrogens (tertiary/aromatic N) is 1. The van der Waals surface area contributed by atoms with Crippen molar-refractivity contribution in [3.05, 3.63) is 52.3 Å². The molecule has 0 saturated carbocycles. The van der Waals surface area contributed by atoms with Crippen molar-refractivity contribution in [3.8, 4) is 5.75 Å². The minimum atomic E-state index is -0.625. The maximum Gasteiger partial charge on any atom is 0.338 e. The van der Waals surface area contributed by atoms with Gasteiger partial charge in [-0.05, 0) is 51.0 Å². The van der Waals surface area contributed by atoms with Gasteiger partial charge in [0.05, 0.1) is 31.5 Å². The van der Waals surface area contributed by atoms with Gasteiger partial charge < -0.3 is 23.5 Å². The van der Waals surface area contributed by atoms with Gasteiger partial charge in [0.25, 0.3) is 0 Å². The molecule has 0 amide bonds. The van der Waals surface area contributed by atoms with Crippen molar-refractivity contribution in [2.45, 2.75) is 39.3 Å². The molecule has 0 N–H and O–H groups in total. The summed E-state index contributed by atoms with van der Waals surface area (Å²) >= 11 is 0. The topological polar surface area (TPSA) is 93.1 Å². The van der Waals surface area contributed by atoms with E-state index in [0.717, 1.165) is 37.4 Å². The average Bonchev–Trinajstić information content (AvgIpc) is 3.39. The molecule has 0 spiro atoms. The molecule has 31 heavy (non-hydrogen) atoms. The van der Waals surface area contributed by atoms with Crippen LogP contribution in [0.15, 0.2) is 24.3 Å². The number of hydrogen-bond donors (Lipinski definition) is 0. The van der Waals surface area contributed by atoms with E-state index < -0.39 is 11.9 Å². The second-order valence-electron chi connectivity index (χ2n) is 7.47. The largest absolute Gasteiger partial charge is 0.485 e. The molecule has 0 radical (unpaired) electrons. The van der Waals surface area contributed by atoms with Crippen molar-refractivity contribution in [1.29, 1.82) is 0 Å². The smallest absolute Gasteiger partial charge is 0.338 e. The number of aryl methyl sites for hydroxylation is 1. The third-order valence-corrected chi connectivity index (χ3v) is 5.40. The molecule has 1 aliphatic heterocycles. The van der Waals surface area contributed by atoms with E-state index in [1.165, 1.54) is 32.4 Å². The van der Waals surface area contributed by atoms with E-state index in [0.29, 0.717) is 5.56 Å². The molecule has 0 aliphatic carbocycles. The summed E-state index contributed by atoms with van der Waals surface area (Å²) in [6.07, 6.45) is 2.24. The summed E-state index contributed by atoms with van der Waals surface area (Å²) in [5, 5.41) is 0. The highest BCUT2D eigenvalue weighted by Crippen LogP contribution is 2.22. The first-order chi connectivity index (χ1) is 14.8.